The van der Waals surface area contributed by atoms with Crippen LogP contribution in [0.2, 0.25) is 0 Å². The zero-order valence-corrected chi connectivity index (χ0v) is 14.2. The first kappa shape index (κ1) is 16.3. The van der Waals surface area contributed by atoms with Crippen molar-refractivity contribution in [3.8, 4) is 5.75 Å². The highest BCUT2D eigenvalue weighted by Gasteiger charge is 2.23. The van der Waals surface area contributed by atoms with Crippen molar-refractivity contribution in [1.29, 1.82) is 0 Å². The first-order chi connectivity index (χ1) is 11.7. The maximum atomic E-state index is 12.3. The summed E-state index contributed by atoms with van der Waals surface area (Å²) in [6, 6.07) is 10.0. The van der Waals surface area contributed by atoms with Crippen LogP contribution >= 0.6 is 0 Å². The molecule has 3 rings (SSSR count). The van der Waals surface area contributed by atoms with Gasteiger partial charge in [-0.15, -0.1) is 0 Å². The number of hydrogen-bond donors (Lipinski definition) is 1. The van der Waals surface area contributed by atoms with Crippen molar-refractivity contribution in [2.75, 3.05) is 23.9 Å². The van der Waals surface area contributed by atoms with Gasteiger partial charge in [0.25, 0.3) is 0 Å². The van der Waals surface area contributed by atoms with Crippen molar-refractivity contribution in [2.24, 2.45) is 0 Å². The largest absolute Gasteiger partial charge is 0.495 e. The van der Waals surface area contributed by atoms with E-state index in [4.69, 9.17) is 4.74 Å². The van der Waals surface area contributed by atoms with Crippen LogP contribution in [0.3, 0.4) is 0 Å². The lowest BCUT2D eigenvalue weighted by Crippen LogP contribution is -2.35. The Hall–Kier alpha value is -2.56. The van der Waals surface area contributed by atoms with E-state index in [0.29, 0.717) is 6.42 Å². The van der Waals surface area contributed by atoms with Crippen LogP contribution in [-0.4, -0.2) is 24.5 Å². The number of benzene rings is 1. The molecule has 0 aliphatic carbocycles. The number of pyridine rings is 1. The molecule has 1 amide bonds. The summed E-state index contributed by atoms with van der Waals surface area (Å²) in [6.07, 6.45) is 6.18. The lowest BCUT2D eigenvalue weighted by Gasteiger charge is -2.29. The smallest absolute Gasteiger partial charge is 0.227 e. The number of anilines is 2. The van der Waals surface area contributed by atoms with Gasteiger partial charge in [-0.3, -0.25) is 9.78 Å². The maximum absolute atomic E-state index is 12.3. The van der Waals surface area contributed by atoms with Crippen molar-refractivity contribution >= 4 is 17.3 Å². The maximum Gasteiger partial charge on any atom is 0.227 e. The van der Waals surface area contributed by atoms with Crippen LogP contribution in [0.25, 0.3) is 0 Å². The molecule has 5 nitrogen and oxygen atoms in total. The van der Waals surface area contributed by atoms with E-state index < -0.39 is 0 Å². The number of carbonyl (C=O) groups excluding carboxylic acids is 1. The normalized spacial score (nSPS) is 15.9. The van der Waals surface area contributed by atoms with Gasteiger partial charge in [0, 0.05) is 37.1 Å². The molecule has 2 heterocycles. The fourth-order valence-corrected chi connectivity index (χ4v) is 3.04. The second-order valence-corrected chi connectivity index (χ2v) is 6.04. The van der Waals surface area contributed by atoms with Crippen molar-refractivity contribution in [2.45, 2.75) is 32.2 Å². The highest BCUT2D eigenvalue weighted by atomic mass is 16.5. The highest BCUT2D eigenvalue weighted by molar-refractivity contribution is 5.96. The first-order valence-electron chi connectivity index (χ1n) is 8.34. The number of piperidine rings is 1. The number of nitrogens with zero attached hydrogens (tertiary/aromatic N) is 2. The Balaban J connectivity index is 1.84. The minimum absolute atomic E-state index is 0.145. The zero-order chi connectivity index (χ0) is 16.9. The lowest BCUT2D eigenvalue weighted by atomic mass is 10.1. The van der Waals surface area contributed by atoms with Crippen molar-refractivity contribution < 1.29 is 9.53 Å². The van der Waals surface area contributed by atoms with Gasteiger partial charge < -0.3 is 15.0 Å². The molecule has 1 N–H and O–H groups in total. The van der Waals surface area contributed by atoms with Gasteiger partial charge in [0.15, 0.2) is 0 Å². The minimum atomic E-state index is 0.145. The van der Waals surface area contributed by atoms with Crippen LogP contribution < -0.4 is 15.0 Å². The Morgan fingerprint density at radius 1 is 1.21 bits per heavy atom. The standard InChI is InChI=1S/C19H23N3O2/c1-14(15-8-10-20-11-9-15)21-16-6-7-18(24-2)17(13-16)22-12-4-3-5-19(22)23/h6-11,13-14,21H,3-5,12H2,1-2H3/t14-/m1/s1. The molecule has 1 saturated heterocycles. The summed E-state index contributed by atoms with van der Waals surface area (Å²) >= 11 is 0. The predicted octanol–water partition coefficient (Wildman–Crippen LogP) is 3.78. The van der Waals surface area contributed by atoms with Gasteiger partial charge in [-0.1, -0.05) is 0 Å². The Morgan fingerprint density at radius 2 is 2.00 bits per heavy atom. The molecule has 126 valence electrons. The summed E-state index contributed by atoms with van der Waals surface area (Å²) in [7, 11) is 1.64. The lowest BCUT2D eigenvalue weighted by molar-refractivity contribution is -0.119. The minimum Gasteiger partial charge on any atom is -0.495 e. The molecule has 0 saturated carbocycles. The van der Waals surface area contributed by atoms with Crippen molar-refractivity contribution in [3.63, 3.8) is 0 Å². The Kier molecular flexibility index (Phi) is 4.99. The van der Waals surface area contributed by atoms with E-state index in [1.165, 1.54) is 0 Å². The summed E-state index contributed by atoms with van der Waals surface area (Å²) < 4.78 is 5.46. The molecule has 0 unspecified atom stereocenters. The van der Waals surface area contributed by atoms with Gasteiger partial charge in [0.05, 0.1) is 12.8 Å². The Morgan fingerprint density at radius 3 is 2.71 bits per heavy atom. The van der Waals surface area contributed by atoms with Crippen LogP contribution in [-0.2, 0) is 4.79 Å². The van der Waals surface area contributed by atoms with E-state index in [1.807, 2.05) is 35.2 Å². The van der Waals surface area contributed by atoms with E-state index in [9.17, 15) is 4.79 Å². The summed E-state index contributed by atoms with van der Waals surface area (Å²) in [5.41, 5.74) is 2.97. The summed E-state index contributed by atoms with van der Waals surface area (Å²) in [4.78, 5) is 18.2. The molecule has 1 aliphatic heterocycles. The van der Waals surface area contributed by atoms with Crippen LogP contribution in [0.4, 0.5) is 11.4 Å². The number of aromatic nitrogens is 1. The second kappa shape index (κ2) is 7.34. The van der Waals surface area contributed by atoms with E-state index in [0.717, 1.165) is 42.1 Å². The molecule has 2 aromatic rings. The van der Waals surface area contributed by atoms with Gasteiger partial charge in [0.2, 0.25) is 5.91 Å². The van der Waals surface area contributed by atoms with Crippen LogP contribution in [0.5, 0.6) is 5.75 Å². The number of methoxy groups -OCH3 is 1. The molecule has 1 aromatic heterocycles. The van der Waals surface area contributed by atoms with Crippen LogP contribution in [0, 0.1) is 0 Å². The first-order valence-corrected chi connectivity index (χ1v) is 8.34. The average molecular weight is 325 g/mol. The molecule has 1 atom stereocenters. The molecule has 0 spiro atoms. The van der Waals surface area contributed by atoms with Crippen LogP contribution in [0.15, 0.2) is 42.7 Å². The predicted molar refractivity (Wildman–Crippen MR) is 95.5 cm³/mol. The second-order valence-electron chi connectivity index (χ2n) is 6.04. The summed E-state index contributed by atoms with van der Waals surface area (Å²) in [6.45, 7) is 2.85. The molecule has 1 aromatic carbocycles. The van der Waals surface area contributed by atoms with Gasteiger partial charge in [-0.05, 0) is 55.7 Å². The van der Waals surface area contributed by atoms with Crippen molar-refractivity contribution in [3.05, 3.63) is 48.3 Å². The van der Waals surface area contributed by atoms with E-state index in [1.54, 1.807) is 19.5 Å². The molecule has 0 bridgehead atoms. The molecule has 0 radical (unpaired) electrons. The molecule has 1 aliphatic rings. The molecule has 5 heteroatoms. The number of hydrogen-bond acceptors (Lipinski definition) is 4. The quantitative estimate of drug-likeness (QED) is 0.909. The van der Waals surface area contributed by atoms with Gasteiger partial charge in [-0.25, -0.2) is 0 Å². The Bertz CT molecular complexity index is 703. The number of rotatable bonds is 5. The SMILES string of the molecule is COc1ccc(N[C@H](C)c2ccncc2)cc1N1CCCCC1=O. The molecular weight excluding hydrogens is 302 g/mol. The molecule has 24 heavy (non-hydrogen) atoms. The van der Waals surface area contributed by atoms with E-state index in [2.05, 4.69) is 17.2 Å². The number of ether oxygens (including phenoxy) is 1. The van der Waals surface area contributed by atoms with Gasteiger partial charge >= 0.3 is 0 Å². The fourth-order valence-electron chi connectivity index (χ4n) is 3.04. The van der Waals surface area contributed by atoms with Crippen molar-refractivity contribution in [1.82, 2.24) is 4.98 Å². The van der Waals surface area contributed by atoms with E-state index >= 15 is 0 Å². The highest BCUT2D eigenvalue weighted by Crippen LogP contribution is 2.34. The number of nitrogens with one attached hydrogen (secondary N) is 1. The third-order valence-corrected chi connectivity index (χ3v) is 4.38. The van der Waals surface area contributed by atoms with Gasteiger partial charge in [-0.2, -0.15) is 0 Å². The Labute approximate surface area is 142 Å². The fraction of sp³-hybridized carbons (Fsp3) is 0.368. The third-order valence-electron chi connectivity index (χ3n) is 4.38. The third kappa shape index (κ3) is 3.50. The average Bonchev–Trinajstić information content (AvgIpc) is 2.63. The van der Waals surface area contributed by atoms with Crippen LogP contribution in [0.1, 0.15) is 37.8 Å². The summed E-state index contributed by atoms with van der Waals surface area (Å²) in [5, 5.41) is 3.48. The topological polar surface area (TPSA) is 54.5 Å². The monoisotopic (exact) mass is 325 g/mol. The summed E-state index contributed by atoms with van der Waals surface area (Å²) in [5.74, 6) is 0.895. The molecular formula is C19H23N3O2. The van der Waals surface area contributed by atoms with E-state index in [-0.39, 0.29) is 11.9 Å². The number of amides is 1. The zero-order valence-electron chi connectivity index (χ0n) is 14.2. The molecule has 1 fully saturated rings. The number of carbonyl (C=O) groups is 1. The van der Waals surface area contributed by atoms with Gasteiger partial charge in [0.1, 0.15) is 5.75 Å².